The summed E-state index contributed by atoms with van der Waals surface area (Å²) < 4.78 is 17.3. The van der Waals surface area contributed by atoms with E-state index in [1.54, 1.807) is 14.2 Å². The van der Waals surface area contributed by atoms with Crippen LogP contribution in [0.15, 0.2) is 54.6 Å². The van der Waals surface area contributed by atoms with Crippen molar-refractivity contribution in [3.63, 3.8) is 0 Å². The van der Waals surface area contributed by atoms with Gasteiger partial charge in [-0.2, -0.15) is 0 Å². The van der Waals surface area contributed by atoms with Crippen molar-refractivity contribution >= 4 is 5.97 Å². The van der Waals surface area contributed by atoms with Crippen LogP contribution in [0.3, 0.4) is 0 Å². The number of piperazine rings is 1. The molecule has 0 aromatic heterocycles. The Morgan fingerprint density at radius 1 is 0.944 bits per heavy atom. The number of unbranched alkanes of at least 4 members (excludes halogenated alkanes) is 4. The molecule has 196 valence electrons. The largest absolute Gasteiger partial charge is 0.497 e. The van der Waals surface area contributed by atoms with Crippen LogP contribution in [0.4, 0.5) is 0 Å². The number of methoxy groups -OCH3 is 2. The summed E-state index contributed by atoms with van der Waals surface area (Å²) in [5.41, 5.74) is 1.16. The van der Waals surface area contributed by atoms with E-state index >= 15 is 0 Å². The van der Waals surface area contributed by atoms with Crippen LogP contribution in [0, 0.1) is 0 Å². The van der Waals surface area contributed by atoms with Gasteiger partial charge >= 0.3 is 5.97 Å². The van der Waals surface area contributed by atoms with E-state index in [0.29, 0.717) is 6.42 Å². The summed E-state index contributed by atoms with van der Waals surface area (Å²) in [7, 11) is 3.31. The fourth-order valence-corrected chi connectivity index (χ4v) is 5.38. The van der Waals surface area contributed by atoms with E-state index in [2.05, 4.69) is 28.9 Å². The first kappa shape index (κ1) is 26.6. The van der Waals surface area contributed by atoms with Gasteiger partial charge < -0.3 is 19.1 Å². The minimum Gasteiger partial charge on any atom is -0.497 e. The molecule has 0 radical (unpaired) electrons. The quantitative estimate of drug-likeness (QED) is 0.282. The Hall–Kier alpha value is -2.41. The lowest BCUT2D eigenvalue weighted by atomic mass is 9.95. The van der Waals surface area contributed by atoms with E-state index in [9.17, 15) is 4.79 Å². The number of hydrogen-bond acceptors (Lipinski definition) is 6. The fourth-order valence-electron chi connectivity index (χ4n) is 5.38. The zero-order valence-corrected chi connectivity index (χ0v) is 22.2. The SMILES string of the molecule is CCCCCCCN1CCN(C(OC(=O)[C@]2(c3ccc(OC)cc3)C[C@@H]2OC)c2ccccc2)CC1. The number of hydrogen-bond donors (Lipinski definition) is 0. The maximum absolute atomic E-state index is 13.8. The molecular formula is C30H42N2O4. The lowest BCUT2D eigenvalue weighted by Gasteiger charge is -2.39. The van der Waals surface area contributed by atoms with Crippen molar-refractivity contribution in [3.05, 3.63) is 65.7 Å². The summed E-state index contributed by atoms with van der Waals surface area (Å²) in [6.07, 6.45) is 6.57. The summed E-state index contributed by atoms with van der Waals surface area (Å²) >= 11 is 0. The Kier molecular flexibility index (Phi) is 9.41. The summed E-state index contributed by atoms with van der Waals surface area (Å²) in [5.74, 6) is 0.550. The van der Waals surface area contributed by atoms with E-state index in [4.69, 9.17) is 14.2 Å². The number of benzene rings is 2. The number of carbonyl (C=O) groups is 1. The number of rotatable bonds is 13. The van der Waals surface area contributed by atoms with Crippen molar-refractivity contribution in [2.45, 2.75) is 63.2 Å². The molecule has 2 fully saturated rings. The van der Waals surface area contributed by atoms with Gasteiger partial charge in [0, 0.05) is 38.9 Å². The molecule has 2 aliphatic rings. The summed E-state index contributed by atoms with van der Waals surface area (Å²) in [5, 5.41) is 0. The second-order valence-corrected chi connectivity index (χ2v) is 10.1. The van der Waals surface area contributed by atoms with Gasteiger partial charge in [0.1, 0.15) is 11.2 Å². The molecular weight excluding hydrogens is 452 g/mol. The minimum atomic E-state index is -0.769. The molecule has 0 amide bonds. The minimum absolute atomic E-state index is 0.181. The zero-order valence-electron chi connectivity index (χ0n) is 22.2. The van der Waals surface area contributed by atoms with Gasteiger partial charge in [-0.1, -0.05) is 75.1 Å². The zero-order chi connectivity index (χ0) is 25.4. The molecule has 1 unspecified atom stereocenters. The first-order valence-corrected chi connectivity index (χ1v) is 13.5. The van der Waals surface area contributed by atoms with Crippen LogP contribution >= 0.6 is 0 Å². The Bertz CT molecular complexity index is 943. The van der Waals surface area contributed by atoms with Gasteiger partial charge in [-0.05, 0) is 37.1 Å². The summed E-state index contributed by atoms with van der Waals surface area (Å²) in [6, 6.07) is 17.8. The van der Waals surface area contributed by atoms with Gasteiger partial charge in [0.2, 0.25) is 0 Å². The van der Waals surface area contributed by atoms with Crippen LogP contribution in [0.2, 0.25) is 0 Å². The van der Waals surface area contributed by atoms with Gasteiger partial charge in [0.05, 0.1) is 13.2 Å². The van der Waals surface area contributed by atoms with Gasteiger partial charge in [-0.15, -0.1) is 0 Å². The van der Waals surface area contributed by atoms with Crippen LogP contribution < -0.4 is 4.74 Å². The van der Waals surface area contributed by atoms with E-state index in [-0.39, 0.29) is 12.1 Å². The van der Waals surface area contributed by atoms with E-state index < -0.39 is 11.6 Å². The van der Waals surface area contributed by atoms with Gasteiger partial charge in [-0.3, -0.25) is 9.69 Å². The normalized spacial score (nSPS) is 23.2. The third kappa shape index (κ3) is 6.10. The van der Waals surface area contributed by atoms with Crippen molar-refractivity contribution < 1.29 is 19.0 Å². The lowest BCUT2D eigenvalue weighted by molar-refractivity contribution is -0.166. The predicted molar refractivity (Wildman–Crippen MR) is 142 cm³/mol. The van der Waals surface area contributed by atoms with Crippen LogP contribution in [-0.2, 0) is 19.7 Å². The average molecular weight is 495 g/mol. The van der Waals surface area contributed by atoms with Gasteiger partial charge in [-0.25, -0.2) is 0 Å². The predicted octanol–water partition coefficient (Wildman–Crippen LogP) is 5.18. The highest BCUT2D eigenvalue weighted by atomic mass is 16.6. The molecule has 1 saturated heterocycles. The number of esters is 1. The lowest BCUT2D eigenvalue weighted by Crippen LogP contribution is -2.49. The molecule has 6 heteroatoms. The molecule has 1 heterocycles. The molecule has 4 rings (SSSR count). The third-order valence-electron chi connectivity index (χ3n) is 7.77. The highest BCUT2D eigenvalue weighted by Gasteiger charge is 2.64. The van der Waals surface area contributed by atoms with Crippen LogP contribution in [0.1, 0.15) is 62.8 Å². The molecule has 1 saturated carbocycles. The second-order valence-electron chi connectivity index (χ2n) is 10.1. The Morgan fingerprint density at radius 2 is 1.64 bits per heavy atom. The third-order valence-corrected chi connectivity index (χ3v) is 7.77. The maximum atomic E-state index is 13.8. The molecule has 3 atom stereocenters. The van der Waals surface area contributed by atoms with E-state index in [1.165, 1.54) is 32.1 Å². The van der Waals surface area contributed by atoms with Crippen molar-refractivity contribution in [2.75, 3.05) is 46.9 Å². The molecule has 2 aromatic rings. The molecule has 36 heavy (non-hydrogen) atoms. The van der Waals surface area contributed by atoms with Gasteiger partial charge in [0.25, 0.3) is 0 Å². The molecule has 0 spiro atoms. The number of nitrogens with zero attached hydrogens (tertiary/aromatic N) is 2. The van der Waals surface area contributed by atoms with Crippen LogP contribution in [0.5, 0.6) is 5.75 Å². The highest BCUT2D eigenvalue weighted by Crippen LogP contribution is 2.52. The maximum Gasteiger partial charge on any atom is 0.321 e. The number of carbonyl (C=O) groups excluding carboxylic acids is 1. The summed E-state index contributed by atoms with van der Waals surface area (Å²) in [4.78, 5) is 18.7. The van der Waals surface area contributed by atoms with Crippen molar-refractivity contribution in [3.8, 4) is 5.75 Å². The highest BCUT2D eigenvalue weighted by molar-refractivity contribution is 5.88. The van der Waals surface area contributed by atoms with E-state index in [0.717, 1.165) is 49.6 Å². The Labute approximate surface area is 216 Å². The summed E-state index contributed by atoms with van der Waals surface area (Å²) in [6.45, 7) is 7.17. The smallest absolute Gasteiger partial charge is 0.321 e. The molecule has 1 aliphatic heterocycles. The Balaban J connectivity index is 1.44. The molecule has 1 aliphatic carbocycles. The Morgan fingerprint density at radius 3 is 2.25 bits per heavy atom. The fraction of sp³-hybridized carbons (Fsp3) is 0.567. The average Bonchev–Trinajstić information content (AvgIpc) is 3.68. The van der Waals surface area contributed by atoms with Crippen molar-refractivity contribution in [2.24, 2.45) is 0 Å². The van der Waals surface area contributed by atoms with E-state index in [1.807, 2.05) is 42.5 Å². The topological polar surface area (TPSA) is 51.2 Å². The molecule has 0 N–H and O–H groups in total. The first-order valence-electron chi connectivity index (χ1n) is 13.5. The van der Waals surface area contributed by atoms with Crippen molar-refractivity contribution in [1.29, 1.82) is 0 Å². The standard InChI is InChI=1S/C30H42N2O4/c1-4-5-6-7-11-18-31-19-21-32(22-20-31)28(24-12-9-8-10-13-24)36-29(33)30(23-27(30)35-3)25-14-16-26(34-2)17-15-25/h8-10,12-17,27-28H,4-7,11,18-23H2,1-3H3/t27-,28?,30-/m0/s1. The monoisotopic (exact) mass is 494 g/mol. The number of ether oxygens (including phenoxy) is 3. The first-order chi connectivity index (χ1) is 17.6. The molecule has 2 aromatic carbocycles. The van der Waals surface area contributed by atoms with Crippen molar-refractivity contribution in [1.82, 2.24) is 9.80 Å². The molecule has 6 nitrogen and oxygen atoms in total. The van der Waals surface area contributed by atoms with Crippen LogP contribution in [-0.4, -0.2) is 68.8 Å². The second kappa shape index (κ2) is 12.7. The molecule has 0 bridgehead atoms. The van der Waals surface area contributed by atoms with Gasteiger partial charge in [0.15, 0.2) is 6.23 Å². The van der Waals surface area contributed by atoms with Crippen LogP contribution in [0.25, 0.3) is 0 Å².